The Balaban J connectivity index is 1.85. The molecule has 2 aliphatic carbocycles. The standard InChI is InChI=1S/C15H30N2/c1-3-16-13-10-11-15(12-13)17(4-2)14-8-6-5-7-9-14/h13-16H,3-12H2,1-2H3. The maximum atomic E-state index is 3.63. The Kier molecular flexibility index (Phi) is 5.30. The minimum absolute atomic E-state index is 0.794. The monoisotopic (exact) mass is 238 g/mol. The summed E-state index contributed by atoms with van der Waals surface area (Å²) < 4.78 is 0. The second-order valence-electron chi connectivity index (χ2n) is 5.84. The first-order valence-electron chi connectivity index (χ1n) is 7.84. The number of nitrogens with zero attached hydrogens (tertiary/aromatic N) is 1. The van der Waals surface area contributed by atoms with Crippen molar-refractivity contribution in [2.75, 3.05) is 13.1 Å². The Bertz CT molecular complexity index is 211. The Labute approximate surface area is 107 Å². The molecule has 100 valence electrons. The summed E-state index contributed by atoms with van der Waals surface area (Å²) in [5.41, 5.74) is 0. The molecule has 0 heterocycles. The smallest absolute Gasteiger partial charge is 0.0113 e. The molecule has 2 saturated carbocycles. The van der Waals surface area contributed by atoms with Crippen molar-refractivity contribution in [2.45, 2.75) is 83.3 Å². The van der Waals surface area contributed by atoms with Crippen LogP contribution in [0, 0.1) is 0 Å². The molecule has 0 saturated heterocycles. The molecule has 2 aliphatic rings. The van der Waals surface area contributed by atoms with Gasteiger partial charge in [-0.15, -0.1) is 0 Å². The highest BCUT2D eigenvalue weighted by molar-refractivity contribution is 4.89. The van der Waals surface area contributed by atoms with Gasteiger partial charge in [0.15, 0.2) is 0 Å². The van der Waals surface area contributed by atoms with Crippen LogP contribution in [0.2, 0.25) is 0 Å². The lowest BCUT2D eigenvalue weighted by Gasteiger charge is -2.38. The predicted octanol–water partition coefficient (Wildman–Crippen LogP) is 3.17. The first-order valence-corrected chi connectivity index (χ1v) is 7.84. The van der Waals surface area contributed by atoms with Gasteiger partial charge in [-0.25, -0.2) is 0 Å². The van der Waals surface area contributed by atoms with Crippen LogP contribution in [0.4, 0.5) is 0 Å². The van der Waals surface area contributed by atoms with E-state index in [9.17, 15) is 0 Å². The molecule has 0 aromatic carbocycles. The third-order valence-electron chi connectivity index (χ3n) is 4.78. The van der Waals surface area contributed by atoms with Crippen LogP contribution in [-0.2, 0) is 0 Å². The summed E-state index contributed by atoms with van der Waals surface area (Å²) in [6.45, 7) is 6.97. The molecule has 2 fully saturated rings. The molecule has 0 radical (unpaired) electrons. The topological polar surface area (TPSA) is 15.3 Å². The lowest BCUT2D eigenvalue weighted by Crippen LogP contribution is -2.43. The van der Waals surface area contributed by atoms with Crippen molar-refractivity contribution < 1.29 is 0 Å². The number of nitrogens with one attached hydrogen (secondary N) is 1. The van der Waals surface area contributed by atoms with E-state index in [1.54, 1.807) is 0 Å². The fourth-order valence-corrected chi connectivity index (χ4v) is 3.96. The molecular formula is C15H30N2. The average Bonchev–Trinajstić information content (AvgIpc) is 2.81. The quantitative estimate of drug-likeness (QED) is 0.791. The summed E-state index contributed by atoms with van der Waals surface area (Å²) in [6, 6.07) is 2.56. The molecule has 2 unspecified atom stereocenters. The molecule has 2 heteroatoms. The zero-order chi connectivity index (χ0) is 12.1. The van der Waals surface area contributed by atoms with E-state index in [0.717, 1.165) is 24.7 Å². The summed E-state index contributed by atoms with van der Waals surface area (Å²) in [4.78, 5) is 2.83. The van der Waals surface area contributed by atoms with Crippen LogP contribution in [-0.4, -0.2) is 36.1 Å². The summed E-state index contributed by atoms with van der Waals surface area (Å²) in [5.74, 6) is 0. The molecule has 0 spiro atoms. The molecule has 0 bridgehead atoms. The fourth-order valence-electron chi connectivity index (χ4n) is 3.96. The number of hydrogen-bond acceptors (Lipinski definition) is 2. The van der Waals surface area contributed by atoms with Gasteiger partial charge >= 0.3 is 0 Å². The minimum atomic E-state index is 0.794. The van der Waals surface area contributed by atoms with Crippen LogP contribution in [0.3, 0.4) is 0 Å². The Morgan fingerprint density at radius 1 is 0.941 bits per heavy atom. The van der Waals surface area contributed by atoms with Crippen LogP contribution < -0.4 is 5.32 Å². The van der Waals surface area contributed by atoms with Gasteiger partial charge in [0.2, 0.25) is 0 Å². The molecule has 2 atom stereocenters. The fraction of sp³-hybridized carbons (Fsp3) is 1.00. The van der Waals surface area contributed by atoms with Gasteiger partial charge in [0.25, 0.3) is 0 Å². The number of hydrogen-bond donors (Lipinski definition) is 1. The van der Waals surface area contributed by atoms with Crippen LogP contribution in [0.1, 0.15) is 65.2 Å². The van der Waals surface area contributed by atoms with E-state index in [0.29, 0.717) is 0 Å². The van der Waals surface area contributed by atoms with Gasteiger partial charge in [-0.2, -0.15) is 0 Å². The van der Waals surface area contributed by atoms with Crippen molar-refractivity contribution in [3.8, 4) is 0 Å². The molecule has 0 aromatic heterocycles. The molecule has 0 aromatic rings. The van der Waals surface area contributed by atoms with Crippen LogP contribution in [0.5, 0.6) is 0 Å². The summed E-state index contributed by atoms with van der Waals surface area (Å²) in [5, 5.41) is 3.63. The zero-order valence-electron chi connectivity index (χ0n) is 11.8. The lowest BCUT2D eigenvalue weighted by atomic mass is 9.93. The number of rotatable bonds is 5. The summed E-state index contributed by atoms with van der Waals surface area (Å²) in [7, 11) is 0. The average molecular weight is 238 g/mol. The van der Waals surface area contributed by atoms with E-state index in [4.69, 9.17) is 0 Å². The highest BCUT2D eigenvalue weighted by atomic mass is 15.2. The SMILES string of the molecule is CCNC1CCC(N(CC)C2CCCCC2)C1. The van der Waals surface area contributed by atoms with E-state index in [2.05, 4.69) is 24.1 Å². The Morgan fingerprint density at radius 2 is 1.71 bits per heavy atom. The largest absolute Gasteiger partial charge is 0.314 e. The second kappa shape index (κ2) is 6.75. The summed E-state index contributed by atoms with van der Waals surface area (Å²) >= 11 is 0. The highest BCUT2D eigenvalue weighted by Gasteiger charge is 2.32. The van der Waals surface area contributed by atoms with E-state index in [1.165, 1.54) is 57.9 Å². The van der Waals surface area contributed by atoms with E-state index >= 15 is 0 Å². The summed E-state index contributed by atoms with van der Waals surface area (Å²) in [6.07, 6.45) is 11.5. The minimum Gasteiger partial charge on any atom is -0.314 e. The third kappa shape index (κ3) is 3.45. The molecule has 2 rings (SSSR count). The molecule has 2 nitrogen and oxygen atoms in total. The third-order valence-corrected chi connectivity index (χ3v) is 4.78. The lowest BCUT2D eigenvalue weighted by molar-refractivity contribution is 0.111. The predicted molar refractivity (Wildman–Crippen MR) is 74.4 cm³/mol. The van der Waals surface area contributed by atoms with E-state index in [1.807, 2.05) is 0 Å². The van der Waals surface area contributed by atoms with Gasteiger partial charge in [0.05, 0.1) is 0 Å². The van der Waals surface area contributed by atoms with Crippen molar-refractivity contribution in [3.05, 3.63) is 0 Å². The molecule has 0 aliphatic heterocycles. The Morgan fingerprint density at radius 3 is 2.35 bits per heavy atom. The van der Waals surface area contributed by atoms with Crippen LogP contribution >= 0.6 is 0 Å². The van der Waals surface area contributed by atoms with Crippen LogP contribution in [0.25, 0.3) is 0 Å². The van der Waals surface area contributed by atoms with Crippen molar-refractivity contribution >= 4 is 0 Å². The first kappa shape index (κ1) is 13.4. The molecule has 1 N–H and O–H groups in total. The van der Waals surface area contributed by atoms with Gasteiger partial charge < -0.3 is 5.32 Å². The van der Waals surface area contributed by atoms with E-state index < -0.39 is 0 Å². The maximum Gasteiger partial charge on any atom is 0.0113 e. The second-order valence-corrected chi connectivity index (χ2v) is 5.84. The van der Waals surface area contributed by atoms with Gasteiger partial charge in [0.1, 0.15) is 0 Å². The normalized spacial score (nSPS) is 31.2. The van der Waals surface area contributed by atoms with Crippen molar-refractivity contribution in [1.82, 2.24) is 10.2 Å². The Hall–Kier alpha value is -0.0800. The first-order chi connectivity index (χ1) is 8.35. The molecular weight excluding hydrogens is 208 g/mol. The van der Waals surface area contributed by atoms with Gasteiger partial charge in [0, 0.05) is 18.1 Å². The van der Waals surface area contributed by atoms with Gasteiger partial charge in [-0.05, 0) is 45.2 Å². The van der Waals surface area contributed by atoms with Gasteiger partial charge in [-0.1, -0.05) is 33.1 Å². The van der Waals surface area contributed by atoms with Crippen molar-refractivity contribution in [2.24, 2.45) is 0 Å². The highest BCUT2D eigenvalue weighted by Crippen LogP contribution is 2.30. The van der Waals surface area contributed by atoms with Gasteiger partial charge in [-0.3, -0.25) is 4.90 Å². The molecule has 17 heavy (non-hydrogen) atoms. The molecule has 0 amide bonds. The van der Waals surface area contributed by atoms with E-state index in [-0.39, 0.29) is 0 Å². The zero-order valence-corrected chi connectivity index (χ0v) is 11.8. The van der Waals surface area contributed by atoms with Crippen molar-refractivity contribution in [1.29, 1.82) is 0 Å². The van der Waals surface area contributed by atoms with Crippen molar-refractivity contribution in [3.63, 3.8) is 0 Å². The van der Waals surface area contributed by atoms with Crippen LogP contribution in [0.15, 0.2) is 0 Å². The maximum absolute atomic E-state index is 3.63.